The van der Waals surface area contributed by atoms with Crippen LogP contribution in [-0.4, -0.2) is 30.9 Å². The summed E-state index contributed by atoms with van der Waals surface area (Å²) in [6.07, 6.45) is 4.64. The van der Waals surface area contributed by atoms with Crippen LogP contribution in [0.2, 0.25) is 0 Å². The minimum atomic E-state index is 0. The molecular weight excluding hydrogens is 272 g/mol. The molecule has 1 fully saturated rings. The Balaban J connectivity index is 0.00000200. The van der Waals surface area contributed by atoms with E-state index in [4.69, 9.17) is 0 Å². The number of likely N-dealkylation sites (tertiary alicyclic amines) is 1. The van der Waals surface area contributed by atoms with Crippen molar-refractivity contribution in [2.75, 3.05) is 20.1 Å². The van der Waals surface area contributed by atoms with Crippen LogP contribution in [-0.2, 0) is 4.79 Å². The maximum absolute atomic E-state index is 12.3. The molecular formula is C16H25ClN2O. The third-order valence-electron chi connectivity index (χ3n) is 3.83. The van der Waals surface area contributed by atoms with Crippen molar-refractivity contribution in [3.05, 3.63) is 35.4 Å². The molecule has 1 aliphatic rings. The predicted octanol–water partition coefficient (Wildman–Crippen LogP) is 3.08. The van der Waals surface area contributed by atoms with Crippen LogP contribution >= 0.6 is 12.4 Å². The Morgan fingerprint density at radius 1 is 1.35 bits per heavy atom. The van der Waals surface area contributed by atoms with E-state index in [1.807, 2.05) is 7.05 Å². The highest BCUT2D eigenvalue weighted by molar-refractivity contribution is 5.85. The van der Waals surface area contributed by atoms with E-state index < -0.39 is 0 Å². The van der Waals surface area contributed by atoms with E-state index in [1.54, 1.807) is 0 Å². The SMILES string of the molecule is CNCC(=O)N1CCCCCC1c1cccc(C)c1.Cl. The van der Waals surface area contributed by atoms with Crippen molar-refractivity contribution >= 4 is 18.3 Å². The second kappa shape index (κ2) is 8.28. The molecule has 1 aromatic carbocycles. The molecule has 3 nitrogen and oxygen atoms in total. The Labute approximate surface area is 128 Å². The normalized spacial score (nSPS) is 19.1. The molecule has 0 radical (unpaired) electrons. The average molecular weight is 297 g/mol. The number of rotatable bonds is 3. The molecule has 4 heteroatoms. The fraction of sp³-hybridized carbons (Fsp3) is 0.562. The molecule has 0 aromatic heterocycles. The van der Waals surface area contributed by atoms with Crippen molar-refractivity contribution in [1.29, 1.82) is 0 Å². The molecule has 1 heterocycles. The molecule has 112 valence electrons. The van der Waals surface area contributed by atoms with Gasteiger partial charge in [0.25, 0.3) is 0 Å². The molecule has 1 N–H and O–H groups in total. The van der Waals surface area contributed by atoms with E-state index in [0.717, 1.165) is 19.4 Å². The highest BCUT2D eigenvalue weighted by Crippen LogP contribution is 2.30. The molecule has 20 heavy (non-hydrogen) atoms. The lowest BCUT2D eigenvalue weighted by Crippen LogP contribution is -2.39. The largest absolute Gasteiger partial charge is 0.335 e. The number of aryl methyl sites for hydroxylation is 1. The maximum atomic E-state index is 12.3. The third kappa shape index (κ3) is 4.22. The lowest BCUT2D eigenvalue weighted by Gasteiger charge is -2.30. The van der Waals surface area contributed by atoms with Gasteiger partial charge in [-0.05, 0) is 32.4 Å². The topological polar surface area (TPSA) is 32.3 Å². The van der Waals surface area contributed by atoms with Gasteiger partial charge in [-0.15, -0.1) is 12.4 Å². The Morgan fingerprint density at radius 2 is 2.15 bits per heavy atom. The summed E-state index contributed by atoms with van der Waals surface area (Å²) in [7, 11) is 1.83. The van der Waals surface area contributed by atoms with Crippen LogP contribution in [0.25, 0.3) is 0 Å². The zero-order valence-electron chi connectivity index (χ0n) is 12.4. The van der Waals surface area contributed by atoms with E-state index in [9.17, 15) is 4.79 Å². The molecule has 1 unspecified atom stereocenters. The van der Waals surface area contributed by atoms with Gasteiger partial charge in [0.1, 0.15) is 0 Å². The lowest BCUT2D eigenvalue weighted by molar-refractivity contribution is -0.132. The van der Waals surface area contributed by atoms with E-state index >= 15 is 0 Å². The first-order valence-electron chi connectivity index (χ1n) is 7.23. The fourth-order valence-corrected chi connectivity index (χ4v) is 2.88. The summed E-state index contributed by atoms with van der Waals surface area (Å²) in [5.41, 5.74) is 2.55. The standard InChI is InChI=1S/C16H24N2O.ClH/c1-13-7-6-8-14(11-13)15-9-4-3-5-10-18(15)16(19)12-17-2;/h6-8,11,15,17H,3-5,9-10,12H2,1-2H3;1H. The van der Waals surface area contributed by atoms with Gasteiger partial charge in [-0.2, -0.15) is 0 Å². The summed E-state index contributed by atoms with van der Waals surface area (Å²) in [5, 5.41) is 2.98. The number of amides is 1. The van der Waals surface area contributed by atoms with Gasteiger partial charge in [-0.1, -0.05) is 42.7 Å². The molecule has 0 saturated carbocycles. The maximum Gasteiger partial charge on any atom is 0.237 e. The van der Waals surface area contributed by atoms with Crippen LogP contribution < -0.4 is 5.32 Å². The molecule has 1 atom stereocenters. The van der Waals surface area contributed by atoms with Crippen molar-refractivity contribution in [3.8, 4) is 0 Å². The molecule has 2 rings (SSSR count). The molecule has 0 spiro atoms. The summed E-state index contributed by atoms with van der Waals surface area (Å²) in [6.45, 7) is 3.43. The van der Waals surface area contributed by atoms with Gasteiger partial charge in [0.15, 0.2) is 0 Å². The molecule has 1 amide bonds. The smallest absolute Gasteiger partial charge is 0.237 e. The first-order chi connectivity index (χ1) is 9.22. The van der Waals surface area contributed by atoms with Gasteiger partial charge in [0, 0.05) is 6.54 Å². The van der Waals surface area contributed by atoms with Crippen molar-refractivity contribution in [2.45, 2.75) is 38.6 Å². The van der Waals surface area contributed by atoms with Crippen LogP contribution in [0.5, 0.6) is 0 Å². The van der Waals surface area contributed by atoms with Crippen molar-refractivity contribution in [2.24, 2.45) is 0 Å². The molecule has 1 saturated heterocycles. The highest BCUT2D eigenvalue weighted by Gasteiger charge is 2.26. The number of nitrogens with zero attached hydrogens (tertiary/aromatic N) is 1. The quantitative estimate of drug-likeness (QED) is 0.930. The van der Waals surface area contributed by atoms with Crippen LogP contribution in [0.15, 0.2) is 24.3 Å². The van der Waals surface area contributed by atoms with Crippen molar-refractivity contribution in [1.82, 2.24) is 10.2 Å². The summed E-state index contributed by atoms with van der Waals surface area (Å²) in [5.74, 6) is 0.218. The minimum absolute atomic E-state index is 0. The Kier molecular flexibility index (Phi) is 7.03. The molecule has 1 aromatic rings. The van der Waals surface area contributed by atoms with E-state index in [0.29, 0.717) is 6.54 Å². The van der Waals surface area contributed by atoms with Gasteiger partial charge in [-0.25, -0.2) is 0 Å². The van der Waals surface area contributed by atoms with E-state index in [1.165, 1.54) is 24.0 Å². The number of hydrogen-bond acceptors (Lipinski definition) is 2. The van der Waals surface area contributed by atoms with Crippen molar-refractivity contribution in [3.63, 3.8) is 0 Å². The van der Waals surface area contributed by atoms with Crippen LogP contribution in [0.3, 0.4) is 0 Å². The summed E-state index contributed by atoms with van der Waals surface area (Å²) in [6, 6.07) is 8.83. The minimum Gasteiger partial charge on any atom is -0.335 e. The molecule has 0 aliphatic carbocycles. The van der Waals surface area contributed by atoms with Gasteiger partial charge in [0.2, 0.25) is 5.91 Å². The Hall–Kier alpha value is -1.06. The number of carbonyl (C=O) groups excluding carboxylic acids is 1. The summed E-state index contributed by atoms with van der Waals surface area (Å²) in [4.78, 5) is 14.4. The monoisotopic (exact) mass is 296 g/mol. The molecule has 1 aliphatic heterocycles. The van der Waals surface area contributed by atoms with E-state index in [-0.39, 0.29) is 24.4 Å². The zero-order valence-corrected chi connectivity index (χ0v) is 13.2. The number of nitrogens with one attached hydrogen (secondary N) is 1. The summed E-state index contributed by atoms with van der Waals surface area (Å²) < 4.78 is 0. The second-order valence-corrected chi connectivity index (χ2v) is 5.40. The summed E-state index contributed by atoms with van der Waals surface area (Å²) >= 11 is 0. The van der Waals surface area contributed by atoms with Crippen molar-refractivity contribution < 1.29 is 4.79 Å². The number of hydrogen-bond donors (Lipinski definition) is 1. The number of likely N-dealkylation sites (N-methyl/N-ethyl adjacent to an activating group) is 1. The molecule has 0 bridgehead atoms. The van der Waals surface area contributed by atoms with Gasteiger partial charge < -0.3 is 10.2 Å². The van der Waals surface area contributed by atoms with Gasteiger partial charge in [0.05, 0.1) is 12.6 Å². The van der Waals surface area contributed by atoms with Crippen LogP contribution in [0.4, 0.5) is 0 Å². The van der Waals surface area contributed by atoms with Crippen LogP contribution in [0, 0.1) is 6.92 Å². The lowest BCUT2D eigenvalue weighted by atomic mass is 9.99. The second-order valence-electron chi connectivity index (χ2n) is 5.40. The Morgan fingerprint density at radius 3 is 2.85 bits per heavy atom. The van der Waals surface area contributed by atoms with Gasteiger partial charge >= 0.3 is 0 Å². The third-order valence-corrected chi connectivity index (χ3v) is 3.83. The average Bonchev–Trinajstić information content (AvgIpc) is 2.64. The zero-order chi connectivity index (χ0) is 13.7. The van der Waals surface area contributed by atoms with Gasteiger partial charge in [-0.3, -0.25) is 4.79 Å². The number of carbonyl (C=O) groups is 1. The Bertz CT molecular complexity index is 436. The first kappa shape index (κ1) is 17.0. The highest BCUT2D eigenvalue weighted by atomic mass is 35.5. The number of benzene rings is 1. The van der Waals surface area contributed by atoms with E-state index in [2.05, 4.69) is 41.4 Å². The fourth-order valence-electron chi connectivity index (χ4n) is 2.88. The first-order valence-corrected chi connectivity index (χ1v) is 7.23. The van der Waals surface area contributed by atoms with Crippen LogP contribution in [0.1, 0.15) is 42.9 Å². The predicted molar refractivity (Wildman–Crippen MR) is 85.3 cm³/mol. The number of halogens is 1.